The molecule has 2 aromatic carbocycles. The first-order chi connectivity index (χ1) is 14.1. The summed E-state index contributed by atoms with van der Waals surface area (Å²) in [5.74, 6) is 2.77. The average molecular weight is 527 g/mol. The zero-order valence-electron chi connectivity index (χ0n) is 18.2. The van der Waals surface area contributed by atoms with Crippen LogP contribution in [0.5, 0.6) is 11.5 Å². The second-order valence-electron chi connectivity index (χ2n) is 6.90. The standard InChI is InChI=1S/C23H33N3O3.HI/c1-5-24-23(26-16-22(27)19-8-12-21(29-4)13-9-19)25-15-14-17(2)18-6-10-20(28-3)11-7-18;/h6-13,17,22,27H,5,14-16H2,1-4H3,(H2,24,25,26);1H. The van der Waals surface area contributed by atoms with Crippen molar-refractivity contribution in [2.45, 2.75) is 32.3 Å². The van der Waals surface area contributed by atoms with Gasteiger partial charge in [0.1, 0.15) is 11.5 Å². The molecule has 0 saturated heterocycles. The monoisotopic (exact) mass is 527 g/mol. The van der Waals surface area contributed by atoms with Crippen molar-refractivity contribution in [3.05, 3.63) is 59.7 Å². The highest BCUT2D eigenvalue weighted by Crippen LogP contribution is 2.21. The Morgan fingerprint density at radius 3 is 1.97 bits per heavy atom. The van der Waals surface area contributed by atoms with Gasteiger partial charge in [0.2, 0.25) is 0 Å². The molecule has 0 aliphatic rings. The number of aliphatic hydroxyl groups is 1. The van der Waals surface area contributed by atoms with Gasteiger partial charge < -0.3 is 25.2 Å². The molecule has 6 nitrogen and oxygen atoms in total. The molecule has 0 saturated carbocycles. The van der Waals surface area contributed by atoms with Gasteiger partial charge in [0.15, 0.2) is 5.96 Å². The average Bonchev–Trinajstić information content (AvgIpc) is 2.77. The van der Waals surface area contributed by atoms with Gasteiger partial charge in [-0.2, -0.15) is 0 Å². The first kappa shape index (κ1) is 26.0. The molecule has 166 valence electrons. The Morgan fingerprint density at radius 2 is 1.47 bits per heavy atom. The van der Waals surface area contributed by atoms with Gasteiger partial charge in [-0.15, -0.1) is 24.0 Å². The molecular formula is C23H34IN3O3. The Morgan fingerprint density at radius 1 is 0.933 bits per heavy atom. The van der Waals surface area contributed by atoms with Gasteiger partial charge in [-0.05, 0) is 54.7 Å². The van der Waals surface area contributed by atoms with Crippen LogP contribution in [0.2, 0.25) is 0 Å². The number of hydrogen-bond donors (Lipinski definition) is 3. The Balaban J connectivity index is 0.00000450. The summed E-state index contributed by atoms with van der Waals surface area (Å²) in [6, 6.07) is 15.6. The largest absolute Gasteiger partial charge is 0.497 e. The number of nitrogens with one attached hydrogen (secondary N) is 2. The minimum absolute atomic E-state index is 0. The van der Waals surface area contributed by atoms with Crippen molar-refractivity contribution in [1.82, 2.24) is 10.6 Å². The Kier molecular flexibility index (Phi) is 12.2. The van der Waals surface area contributed by atoms with Gasteiger partial charge in [0, 0.05) is 13.1 Å². The van der Waals surface area contributed by atoms with Crippen LogP contribution < -0.4 is 20.1 Å². The minimum Gasteiger partial charge on any atom is -0.497 e. The second kappa shape index (κ2) is 14.1. The SMILES string of the molecule is CCNC(=NCC(O)c1ccc(OC)cc1)NCCC(C)c1ccc(OC)cc1.I. The first-order valence-corrected chi connectivity index (χ1v) is 10.1. The molecule has 7 heteroatoms. The molecule has 2 atom stereocenters. The third-order valence-electron chi connectivity index (χ3n) is 4.82. The van der Waals surface area contributed by atoms with E-state index in [9.17, 15) is 5.11 Å². The van der Waals surface area contributed by atoms with E-state index in [0.29, 0.717) is 11.9 Å². The Hall–Kier alpha value is -2.00. The predicted octanol–water partition coefficient (Wildman–Crippen LogP) is 4.10. The summed E-state index contributed by atoms with van der Waals surface area (Å²) in [7, 11) is 3.30. The molecule has 2 unspecified atom stereocenters. The molecule has 2 rings (SSSR count). The molecule has 0 fully saturated rings. The quantitative estimate of drug-likeness (QED) is 0.247. The first-order valence-electron chi connectivity index (χ1n) is 10.1. The number of aliphatic imine (C=N–C) groups is 1. The van der Waals surface area contributed by atoms with E-state index < -0.39 is 6.10 Å². The van der Waals surface area contributed by atoms with Crippen molar-refractivity contribution in [3.8, 4) is 11.5 Å². The van der Waals surface area contributed by atoms with Crippen LogP contribution in [0.1, 0.15) is 43.4 Å². The number of methoxy groups -OCH3 is 2. The fourth-order valence-electron chi connectivity index (χ4n) is 2.96. The molecule has 30 heavy (non-hydrogen) atoms. The van der Waals surface area contributed by atoms with Gasteiger partial charge in [-0.1, -0.05) is 31.2 Å². The number of rotatable bonds is 10. The van der Waals surface area contributed by atoms with Crippen LogP contribution >= 0.6 is 24.0 Å². The van der Waals surface area contributed by atoms with Gasteiger partial charge in [0.25, 0.3) is 0 Å². The summed E-state index contributed by atoms with van der Waals surface area (Å²) >= 11 is 0. The number of benzene rings is 2. The number of nitrogens with zero attached hydrogens (tertiary/aromatic N) is 1. The number of aliphatic hydroxyl groups excluding tert-OH is 1. The minimum atomic E-state index is -0.658. The summed E-state index contributed by atoms with van der Waals surface area (Å²) in [6.07, 6.45) is 0.312. The lowest BCUT2D eigenvalue weighted by molar-refractivity contribution is 0.187. The maximum Gasteiger partial charge on any atom is 0.191 e. The van der Waals surface area contributed by atoms with Crippen LogP contribution in [-0.2, 0) is 0 Å². The fourth-order valence-corrected chi connectivity index (χ4v) is 2.96. The van der Waals surface area contributed by atoms with Crippen molar-refractivity contribution in [2.75, 3.05) is 33.9 Å². The van der Waals surface area contributed by atoms with Gasteiger partial charge in [-0.3, -0.25) is 4.99 Å². The highest BCUT2D eigenvalue weighted by molar-refractivity contribution is 14.0. The van der Waals surface area contributed by atoms with E-state index in [4.69, 9.17) is 9.47 Å². The normalized spacial score (nSPS) is 13.0. The summed E-state index contributed by atoms with van der Waals surface area (Å²) in [5.41, 5.74) is 2.10. The van der Waals surface area contributed by atoms with Gasteiger partial charge >= 0.3 is 0 Å². The predicted molar refractivity (Wildman–Crippen MR) is 133 cm³/mol. The van der Waals surface area contributed by atoms with Crippen molar-refractivity contribution in [1.29, 1.82) is 0 Å². The van der Waals surface area contributed by atoms with Crippen LogP contribution in [0, 0.1) is 0 Å². The molecular weight excluding hydrogens is 493 g/mol. The topological polar surface area (TPSA) is 75.1 Å². The Bertz CT molecular complexity index is 751. The summed E-state index contributed by atoms with van der Waals surface area (Å²) in [6.45, 7) is 6.07. The van der Waals surface area contributed by atoms with Crippen molar-refractivity contribution < 1.29 is 14.6 Å². The number of hydrogen-bond acceptors (Lipinski definition) is 4. The zero-order valence-corrected chi connectivity index (χ0v) is 20.6. The molecule has 0 spiro atoms. The van der Waals surface area contributed by atoms with Crippen LogP contribution in [0.15, 0.2) is 53.5 Å². The number of halogens is 1. The van der Waals surface area contributed by atoms with E-state index in [1.165, 1.54) is 5.56 Å². The molecule has 0 aliphatic heterocycles. The molecule has 3 N–H and O–H groups in total. The third kappa shape index (κ3) is 8.39. The molecule has 0 amide bonds. The number of ether oxygens (including phenoxy) is 2. The smallest absolute Gasteiger partial charge is 0.191 e. The second-order valence-corrected chi connectivity index (χ2v) is 6.90. The van der Waals surface area contributed by atoms with Gasteiger partial charge in [0.05, 0.1) is 26.9 Å². The molecule has 2 aromatic rings. The van der Waals surface area contributed by atoms with Crippen LogP contribution in [0.4, 0.5) is 0 Å². The highest BCUT2D eigenvalue weighted by Gasteiger charge is 2.09. The van der Waals surface area contributed by atoms with Crippen molar-refractivity contribution in [3.63, 3.8) is 0 Å². The lowest BCUT2D eigenvalue weighted by Crippen LogP contribution is -2.38. The molecule has 0 aliphatic carbocycles. The van der Waals surface area contributed by atoms with Gasteiger partial charge in [-0.25, -0.2) is 0 Å². The highest BCUT2D eigenvalue weighted by atomic mass is 127. The maximum absolute atomic E-state index is 10.4. The maximum atomic E-state index is 10.4. The van der Waals surface area contributed by atoms with Crippen LogP contribution in [0.3, 0.4) is 0 Å². The molecule has 0 radical (unpaired) electrons. The van der Waals surface area contributed by atoms with E-state index >= 15 is 0 Å². The third-order valence-corrected chi connectivity index (χ3v) is 4.82. The van der Waals surface area contributed by atoms with E-state index in [1.807, 2.05) is 43.3 Å². The summed E-state index contributed by atoms with van der Waals surface area (Å²) in [4.78, 5) is 4.52. The van der Waals surface area contributed by atoms with E-state index in [2.05, 4.69) is 34.7 Å². The molecule has 0 heterocycles. The summed E-state index contributed by atoms with van der Waals surface area (Å²) < 4.78 is 10.4. The molecule has 0 aromatic heterocycles. The van der Waals surface area contributed by atoms with Crippen LogP contribution in [-0.4, -0.2) is 44.9 Å². The van der Waals surface area contributed by atoms with E-state index in [0.717, 1.165) is 36.6 Å². The van der Waals surface area contributed by atoms with E-state index in [-0.39, 0.29) is 30.5 Å². The fraction of sp³-hybridized carbons (Fsp3) is 0.435. The van der Waals surface area contributed by atoms with E-state index in [1.54, 1.807) is 14.2 Å². The summed E-state index contributed by atoms with van der Waals surface area (Å²) in [5, 5.41) is 17.0. The lowest BCUT2D eigenvalue weighted by atomic mass is 9.98. The van der Waals surface area contributed by atoms with Crippen molar-refractivity contribution in [2.24, 2.45) is 4.99 Å². The van der Waals surface area contributed by atoms with Crippen LogP contribution in [0.25, 0.3) is 0 Å². The van der Waals surface area contributed by atoms with Crippen molar-refractivity contribution >= 4 is 29.9 Å². The molecule has 0 bridgehead atoms. The Labute approximate surface area is 197 Å². The number of guanidine groups is 1. The lowest BCUT2D eigenvalue weighted by Gasteiger charge is -2.16. The zero-order chi connectivity index (χ0) is 21.1.